The molecule has 5 heteroatoms. The van der Waals surface area contributed by atoms with Crippen molar-refractivity contribution in [1.82, 2.24) is 20.5 Å². The lowest BCUT2D eigenvalue weighted by molar-refractivity contribution is 0.0946. The highest BCUT2D eigenvalue weighted by Gasteiger charge is 2.27. The molecule has 2 fully saturated rings. The zero-order chi connectivity index (χ0) is 21.0. The van der Waals surface area contributed by atoms with Gasteiger partial charge in [-0.3, -0.25) is 4.79 Å². The normalized spacial score (nSPS) is 23.0. The van der Waals surface area contributed by atoms with E-state index in [1.54, 1.807) is 0 Å². The Morgan fingerprint density at radius 1 is 1.00 bits per heavy atom. The maximum atomic E-state index is 12.8. The summed E-state index contributed by atoms with van der Waals surface area (Å²) in [5.41, 5.74) is 4.76. The van der Waals surface area contributed by atoms with Crippen molar-refractivity contribution in [1.29, 1.82) is 0 Å². The van der Waals surface area contributed by atoms with Crippen LogP contribution < -0.4 is 10.6 Å². The summed E-state index contributed by atoms with van der Waals surface area (Å²) in [6.07, 6.45) is 14.2. The first kappa shape index (κ1) is 21.0. The van der Waals surface area contributed by atoms with Crippen LogP contribution in [-0.4, -0.2) is 48.0 Å². The summed E-state index contributed by atoms with van der Waals surface area (Å²) in [5, 5.41) is 8.34. The van der Waals surface area contributed by atoms with Crippen LogP contribution in [-0.2, 0) is 6.42 Å². The molecule has 1 unspecified atom stereocenters. The van der Waals surface area contributed by atoms with Crippen molar-refractivity contribution in [3.05, 3.63) is 35.0 Å². The van der Waals surface area contributed by atoms with Gasteiger partial charge in [-0.2, -0.15) is 0 Å². The molecule has 1 saturated carbocycles. The zero-order valence-electron chi connectivity index (χ0n) is 18.8. The summed E-state index contributed by atoms with van der Waals surface area (Å²) < 4.78 is 0. The summed E-state index contributed by atoms with van der Waals surface area (Å²) in [5.74, 6) is 0.0570. The molecular formula is C26H38N4O. The second kappa shape index (κ2) is 9.74. The Bertz CT molecular complexity index is 892. The van der Waals surface area contributed by atoms with Gasteiger partial charge in [0.15, 0.2) is 0 Å². The first-order valence-electron chi connectivity index (χ1n) is 12.7. The van der Waals surface area contributed by atoms with E-state index >= 15 is 0 Å². The number of nitrogens with one attached hydrogen (secondary N) is 3. The Morgan fingerprint density at radius 3 is 2.65 bits per heavy atom. The number of aromatic amines is 1. The molecule has 0 bridgehead atoms. The first-order chi connectivity index (χ1) is 15.3. The molecular weight excluding hydrogens is 384 g/mol. The van der Waals surface area contributed by atoms with E-state index in [1.165, 1.54) is 99.5 Å². The SMILES string of the molecule is O=C(NCCN1CCCCC1)c1ccc2[nH]c3c(c2c1)CCCC3NC1CCCCC1. The molecule has 2 heterocycles. The van der Waals surface area contributed by atoms with Gasteiger partial charge in [0.25, 0.3) is 5.91 Å². The Hall–Kier alpha value is -1.85. The highest BCUT2D eigenvalue weighted by atomic mass is 16.1. The van der Waals surface area contributed by atoms with E-state index in [9.17, 15) is 4.79 Å². The fraction of sp³-hybridized carbons (Fsp3) is 0.654. The van der Waals surface area contributed by atoms with Crippen LogP contribution in [0.5, 0.6) is 0 Å². The third kappa shape index (κ3) is 4.83. The van der Waals surface area contributed by atoms with Crippen molar-refractivity contribution in [3.8, 4) is 0 Å². The van der Waals surface area contributed by atoms with E-state index in [1.807, 2.05) is 6.07 Å². The minimum absolute atomic E-state index is 0.0570. The molecule has 1 aromatic carbocycles. The molecule has 1 aromatic heterocycles. The molecule has 5 rings (SSSR count). The van der Waals surface area contributed by atoms with Gasteiger partial charge in [0.2, 0.25) is 0 Å². The molecule has 1 aliphatic heterocycles. The molecule has 0 radical (unpaired) electrons. The van der Waals surface area contributed by atoms with Crippen molar-refractivity contribution >= 4 is 16.8 Å². The average Bonchev–Trinajstić information content (AvgIpc) is 3.19. The smallest absolute Gasteiger partial charge is 0.251 e. The topological polar surface area (TPSA) is 60.2 Å². The second-order valence-electron chi connectivity index (χ2n) is 9.88. The number of hydrogen-bond acceptors (Lipinski definition) is 3. The van der Waals surface area contributed by atoms with E-state index < -0.39 is 0 Å². The number of likely N-dealkylation sites (tertiary alicyclic amines) is 1. The molecule has 1 saturated heterocycles. The van der Waals surface area contributed by atoms with Crippen LogP contribution >= 0.6 is 0 Å². The van der Waals surface area contributed by atoms with Crippen molar-refractivity contribution in [3.63, 3.8) is 0 Å². The van der Waals surface area contributed by atoms with Crippen LogP contribution in [0.25, 0.3) is 10.9 Å². The molecule has 3 N–H and O–H groups in total. The van der Waals surface area contributed by atoms with Crippen LogP contribution in [0, 0.1) is 0 Å². The van der Waals surface area contributed by atoms with Gasteiger partial charge in [0.05, 0.1) is 0 Å². The lowest BCUT2D eigenvalue weighted by Gasteiger charge is -2.31. The lowest BCUT2D eigenvalue weighted by atomic mass is 9.89. The number of carbonyl (C=O) groups is 1. The average molecular weight is 423 g/mol. The quantitative estimate of drug-likeness (QED) is 0.633. The summed E-state index contributed by atoms with van der Waals surface area (Å²) in [7, 11) is 0. The third-order valence-corrected chi connectivity index (χ3v) is 7.67. The van der Waals surface area contributed by atoms with E-state index in [0.29, 0.717) is 12.1 Å². The Labute approximate surface area is 186 Å². The molecule has 168 valence electrons. The predicted molar refractivity (Wildman–Crippen MR) is 127 cm³/mol. The number of piperidine rings is 1. The third-order valence-electron chi connectivity index (χ3n) is 7.67. The Kier molecular flexibility index (Phi) is 6.61. The number of carbonyl (C=O) groups excluding carboxylic acids is 1. The van der Waals surface area contributed by atoms with Gasteiger partial charge in [-0.05, 0) is 81.8 Å². The number of fused-ring (bicyclic) bond motifs is 3. The van der Waals surface area contributed by atoms with Crippen LogP contribution in [0.2, 0.25) is 0 Å². The lowest BCUT2D eigenvalue weighted by Crippen LogP contribution is -2.37. The van der Waals surface area contributed by atoms with Gasteiger partial charge in [0, 0.05) is 47.3 Å². The van der Waals surface area contributed by atoms with E-state index in [-0.39, 0.29) is 5.91 Å². The van der Waals surface area contributed by atoms with Crippen LogP contribution in [0.3, 0.4) is 0 Å². The number of H-pyrrole nitrogens is 1. The fourth-order valence-corrected chi connectivity index (χ4v) is 5.94. The van der Waals surface area contributed by atoms with Gasteiger partial charge in [-0.1, -0.05) is 25.7 Å². The molecule has 5 nitrogen and oxygen atoms in total. The van der Waals surface area contributed by atoms with Crippen LogP contribution in [0.4, 0.5) is 0 Å². The van der Waals surface area contributed by atoms with Gasteiger partial charge < -0.3 is 20.5 Å². The molecule has 0 spiro atoms. The highest BCUT2D eigenvalue weighted by Crippen LogP contribution is 2.36. The molecule has 3 aliphatic rings. The maximum Gasteiger partial charge on any atom is 0.251 e. The minimum atomic E-state index is 0.0570. The standard InChI is InChI=1S/C26H38N4O/c31-26(27-14-17-30-15-5-2-6-16-30)19-12-13-23-22(18-19)21-10-7-11-24(25(21)29-23)28-20-8-3-1-4-9-20/h12-13,18,20,24,28-29H,1-11,14-17H2,(H,27,31). The fourth-order valence-electron chi connectivity index (χ4n) is 5.94. The zero-order valence-corrected chi connectivity index (χ0v) is 18.8. The minimum Gasteiger partial charge on any atom is -0.357 e. The van der Waals surface area contributed by atoms with Gasteiger partial charge in [0.1, 0.15) is 0 Å². The van der Waals surface area contributed by atoms with Gasteiger partial charge >= 0.3 is 0 Å². The number of aromatic nitrogens is 1. The van der Waals surface area contributed by atoms with Crippen LogP contribution in [0.15, 0.2) is 18.2 Å². The van der Waals surface area contributed by atoms with Gasteiger partial charge in [-0.15, -0.1) is 0 Å². The molecule has 2 aliphatic carbocycles. The largest absolute Gasteiger partial charge is 0.357 e. The summed E-state index contributed by atoms with van der Waals surface area (Å²) >= 11 is 0. The number of nitrogens with zero attached hydrogens (tertiary/aromatic N) is 1. The summed E-state index contributed by atoms with van der Waals surface area (Å²) in [6, 6.07) is 7.29. The first-order valence-corrected chi connectivity index (χ1v) is 12.7. The molecule has 1 amide bonds. The second-order valence-corrected chi connectivity index (χ2v) is 9.88. The number of hydrogen-bond donors (Lipinski definition) is 3. The van der Waals surface area contributed by atoms with Crippen molar-refractivity contribution in [2.24, 2.45) is 0 Å². The Morgan fingerprint density at radius 2 is 1.81 bits per heavy atom. The number of amides is 1. The monoisotopic (exact) mass is 422 g/mol. The number of aryl methyl sites for hydroxylation is 1. The molecule has 1 atom stereocenters. The van der Waals surface area contributed by atoms with Crippen molar-refractivity contribution in [2.45, 2.75) is 82.7 Å². The number of benzene rings is 1. The summed E-state index contributed by atoms with van der Waals surface area (Å²) in [6.45, 7) is 4.04. The highest BCUT2D eigenvalue weighted by molar-refractivity contribution is 5.99. The van der Waals surface area contributed by atoms with E-state index in [0.717, 1.165) is 25.1 Å². The number of rotatable bonds is 6. The molecule has 31 heavy (non-hydrogen) atoms. The maximum absolute atomic E-state index is 12.8. The molecule has 2 aromatic rings. The van der Waals surface area contributed by atoms with E-state index in [2.05, 4.69) is 32.7 Å². The van der Waals surface area contributed by atoms with E-state index in [4.69, 9.17) is 0 Å². The van der Waals surface area contributed by atoms with Crippen molar-refractivity contribution < 1.29 is 4.79 Å². The Balaban J connectivity index is 1.26. The van der Waals surface area contributed by atoms with Crippen molar-refractivity contribution in [2.75, 3.05) is 26.2 Å². The van der Waals surface area contributed by atoms with Crippen LogP contribution in [0.1, 0.15) is 91.9 Å². The van der Waals surface area contributed by atoms with Gasteiger partial charge in [-0.25, -0.2) is 0 Å². The summed E-state index contributed by atoms with van der Waals surface area (Å²) in [4.78, 5) is 19.0. The predicted octanol–water partition coefficient (Wildman–Crippen LogP) is 4.68.